The maximum Gasteiger partial charge on any atom is 0.187 e. The first kappa shape index (κ1) is 52.0. The number of hydrogen-bond donors (Lipinski definition) is 12. The second kappa shape index (κ2) is 18.3. The fourth-order valence-corrected chi connectivity index (χ4v) is 15.1. The Morgan fingerprint density at radius 3 is 1.67 bits per heavy atom. The van der Waals surface area contributed by atoms with Gasteiger partial charge in [0.05, 0.1) is 43.5 Å². The zero-order chi connectivity index (χ0) is 49.1. The summed E-state index contributed by atoms with van der Waals surface area (Å²) in [7, 11) is 0. The fraction of sp³-hybridized carbons (Fsp3) is 0.938. The van der Waals surface area contributed by atoms with Gasteiger partial charge in [0.25, 0.3) is 0 Å². The Hall–Kier alpha value is -1.31. The number of aliphatic hydroxyl groups excluding tert-OH is 12. The van der Waals surface area contributed by atoms with Crippen molar-refractivity contribution in [2.75, 3.05) is 19.8 Å². The third-order valence-electron chi connectivity index (χ3n) is 19.3. The number of fused-ring (bicyclic) bond motifs is 7. The maximum absolute atomic E-state index is 13.8. The molecule has 0 aromatic rings. The summed E-state index contributed by atoms with van der Waals surface area (Å²) >= 11 is 0. The molecule has 3 saturated heterocycles. The van der Waals surface area contributed by atoms with Crippen LogP contribution in [0.15, 0.2) is 11.6 Å². The van der Waals surface area contributed by atoms with Gasteiger partial charge in [0.2, 0.25) is 0 Å². The van der Waals surface area contributed by atoms with Gasteiger partial charge in [0.15, 0.2) is 18.9 Å². The third-order valence-corrected chi connectivity index (χ3v) is 19.3. The molecule has 5 aliphatic carbocycles. The van der Waals surface area contributed by atoms with Crippen molar-refractivity contribution in [3.05, 3.63) is 11.6 Å². The first-order chi connectivity index (χ1) is 31.3. The number of hydrogen-bond acceptors (Lipinski definition) is 19. The minimum Gasteiger partial charge on any atom is -0.394 e. The van der Waals surface area contributed by atoms with Gasteiger partial charge in [-0.25, -0.2) is 0 Å². The van der Waals surface area contributed by atoms with Gasteiger partial charge >= 0.3 is 0 Å². The molecule has 3 aliphatic heterocycles. The Morgan fingerprint density at radius 2 is 1.12 bits per heavy atom. The molecule has 0 spiro atoms. The summed E-state index contributed by atoms with van der Waals surface area (Å²) in [6.45, 7) is 13.0. The third kappa shape index (κ3) is 8.05. The van der Waals surface area contributed by atoms with Crippen molar-refractivity contribution in [2.45, 2.75) is 210 Å². The molecule has 384 valence electrons. The van der Waals surface area contributed by atoms with Crippen LogP contribution in [0.1, 0.15) is 99.8 Å². The van der Waals surface area contributed by atoms with Crippen LogP contribution in [0.5, 0.6) is 0 Å². The molecule has 0 aromatic carbocycles. The van der Waals surface area contributed by atoms with E-state index >= 15 is 0 Å². The zero-order valence-corrected chi connectivity index (χ0v) is 39.8. The standard InChI is InChI=1S/C48H78O19/c1-43(2)12-13-44(3)22(14-43)21-8-9-27-45(4)11-10-28(65-42-38(35(59)32(56)26(19-51)64-42)67-41-37(61)34(58)31(55)25(18-50)63-41)46(5,20-52)39(45)23(53)15-48(27,7)47(21,6)16-29(44)66-40-36(60)33(57)30(54)24(17-49)62-40/h8,20,22-42,49-51,53-61H,9-19H2,1-7H3/t22-,23-,24-,25-,26-,27-,28+,29+,30-,31+,32-,33+,34+,35+,36-,37-,38-,39-,40+,41+,42+,44+,45-,46-,47-,48-/m1/s1. The highest BCUT2D eigenvalue weighted by Crippen LogP contribution is 2.76. The summed E-state index contributed by atoms with van der Waals surface area (Å²) in [5, 5.41) is 129. The zero-order valence-electron chi connectivity index (χ0n) is 39.8. The summed E-state index contributed by atoms with van der Waals surface area (Å²) in [5.41, 5.74) is -2.35. The Labute approximate surface area is 392 Å². The lowest BCUT2D eigenvalue weighted by molar-refractivity contribution is -0.378. The van der Waals surface area contributed by atoms with Crippen LogP contribution in [0.3, 0.4) is 0 Å². The van der Waals surface area contributed by atoms with Crippen molar-refractivity contribution < 1.29 is 94.5 Å². The van der Waals surface area contributed by atoms with Gasteiger partial charge < -0.3 is 94.5 Å². The van der Waals surface area contributed by atoms with E-state index in [4.69, 9.17) is 28.4 Å². The average molecular weight is 959 g/mol. The van der Waals surface area contributed by atoms with Crippen LogP contribution in [0.4, 0.5) is 0 Å². The van der Waals surface area contributed by atoms with E-state index < -0.39 is 163 Å². The topological polar surface area (TPSA) is 315 Å². The van der Waals surface area contributed by atoms with Gasteiger partial charge in [-0.1, -0.05) is 60.1 Å². The number of carbonyl (C=O) groups excluding carboxylic acids is 1. The fourth-order valence-electron chi connectivity index (χ4n) is 15.1. The SMILES string of the molecule is CC1(C)CC[C@]2(C)[C@@H](O[C@@H]3O[C@H](CO)[C@@H](O)[C@H](O)[C@H]3O)C[C@]3(C)C(=CC[C@@H]4[C@@]5(C)CC[C@H](O[C@@H]6O[C@H](CO)[C@@H](O)[C@H](O)[C@H]6O[C@@H]6O[C@H](CO)[C@H](O)[C@H](O)[C@H]6O)[C@@](C)(C=O)[C@@H]5[C@H](O)C[C@]43C)[C@H]2C1. The predicted octanol–water partition coefficient (Wildman–Crippen LogP) is -1.24. The van der Waals surface area contributed by atoms with E-state index in [9.17, 15) is 66.1 Å². The van der Waals surface area contributed by atoms with E-state index in [1.54, 1.807) is 6.92 Å². The van der Waals surface area contributed by atoms with Crippen LogP contribution in [0.2, 0.25) is 0 Å². The van der Waals surface area contributed by atoms with Gasteiger partial charge in [0.1, 0.15) is 79.5 Å². The van der Waals surface area contributed by atoms with Crippen LogP contribution in [0.25, 0.3) is 0 Å². The molecule has 7 fully saturated rings. The summed E-state index contributed by atoms with van der Waals surface area (Å²) in [6, 6.07) is 0. The Morgan fingerprint density at radius 1 is 0.597 bits per heavy atom. The molecule has 0 radical (unpaired) electrons. The number of carbonyl (C=O) groups is 1. The minimum atomic E-state index is -1.87. The largest absolute Gasteiger partial charge is 0.394 e. The molecule has 0 bridgehead atoms. The average Bonchev–Trinajstić information content (AvgIpc) is 3.27. The first-order valence-corrected chi connectivity index (χ1v) is 24.4. The van der Waals surface area contributed by atoms with E-state index in [0.29, 0.717) is 25.7 Å². The van der Waals surface area contributed by atoms with E-state index in [1.165, 1.54) is 5.57 Å². The molecule has 8 aliphatic rings. The van der Waals surface area contributed by atoms with Crippen molar-refractivity contribution in [3.63, 3.8) is 0 Å². The summed E-state index contributed by atoms with van der Waals surface area (Å²) in [6.07, 6.45) is -18.4. The molecule has 12 N–H and O–H groups in total. The van der Waals surface area contributed by atoms with Crippen LogP contribution in [-0.4, -0.2) is 198 Å². The van der Waals surface area contributed by atoms with E-state index in [2.05, 4.69) is 47.6 Å². The molecule has 67 heavy (non-hydrogen) atoms. The van der Waals surface area contributed by atoms with E-state index in [1.807, 2.05) is 0 Å². The van der Waals surface area contributed by atoms with Crippen molar-refractivity contribution >= 4 is 6.29 Å². The Bertz CT molecular complexity index is 1820. The Kier molecular flexibility index (Phi) is 14.2. The minimum absolute atomic E-state index is 0.00568. The molecule has 19 heteroatoms. The molecule has 3 heterocycles. The normalized spacial score (nSPS) is 56.4. The molecule has 4 saturated carbocycles. The molecule has 0 unspecified atom stereocenters. The van der Waals surface area contributed by atoms with Gasteiger partial charge in [-0.2, -0.15) is 0 Å². The molecule has 19 nitrogen and oxygen atoms in total. The number of rotatable bonds is 10. The molecule has 0 aromatic heterocycles. The molecular formula is C48H78O19. The van der Waals surface area contributed by atoms with E-state index in [0.717, 1.165) is 25.5 Å². The predicted molar refractivity (Wildman–Crippen MR) is 232 cm³/mol. The second-order valence-electron chi connectivity index (χ2n) is 23.6. The van der Waals surface area contributed by atoms with E-state index in [-0.39, 0.29) is 23.7 Å². The van der Waals surface area contributed by atoms with Crippen LogP contribution < -0.4 is 0 Å². The molecule has 26 atom stereocenters. The van der Waals surface area contributed by atoms with Gasteiger partial charge in [-0.3, -0.25) is 0 Å². The number of ether oxygens (including phenoxy) is 6. The lowest BCUT2D eigenvalue weighted by Crippen LogP contribution is -2.71. The van der Waals surface area contributed by atoms with Gasteiger partial charge in [0, 0.05) is 11.3 Å². The quantitative estimate of drug-likeness (QED) is 0.0693. The highest BCUT2D eigenvalue weighted by molar-refractivity contribution is 5.62. The number of aldehydes is 1. The highest BCUT2D eigenvalue weighted by atomic mass is 16.8. The van der Waals surface area contributed by atoms with Crippen LogP contribution in [0, 0.1) is 50.2 Å². The Balaban J connectivity index is 1.11. The molecule has 8 rings (SSSR count). The van der Waals surface area contributed by atoms with Crippen molar-refractivity contribution in [2.24, 2.45) is 50.2 Å². The summed E-state index contributed by atoms with van der Waals surface area (Å²) in [4.78, 5) is 13.8. The van der Waals surface area contributed by atoms with Gasteiger partial charge in [-0.05, 0) is 84.9 Å². The van der Waals surface area contributed by atoms with Crippen molar-refractivity contribution in [3.8, 4) is 0 Å². The lowest BCUT2D eigenvalue weighted by atomic mass is 9.33. The summed E-state index contributed by atoms with van der Waals surface area (Å²) < 4.78 is 36.9. The molecule has 0 amide bonds. The van der Waals surface area contributed by atoms with Crippen molar-refractivity contribution in [1.29, 1.82) is 0 Å². The van der Waals surface area contributed by atoms with Gasteiger partial charge in [-0.15, -0.1) is 0 Å². The summed E-state index contributed by atoms with van der Waals surface area (Å²) in [5.74, 6) is -0.714. The number of aliphatic hydroxyl groups is 12. The second-order valence-corrected chi connectivity index (χ2v) is 23.6. The monoisotopic (exact) mass is 959 g/mol. The highest BCUT2D eigenvalue weighted by Gasteiger charge is 2.73. The van der Waals surface area contributed by atoms with Crippen molar-refractivity contribution in [1.82, 2.24) is 0 Å². The maximum atomic E-state index is 13.8. The smallest absolute Gasteiger partial charge is 0.187 e. The van der Waals surface area contributed by atoms with Crippen LogP contribution in [-0.2, 0) is 33.2 Å². The molecular weight excluding hydrogens is 881 g/mol. The first-order valence-electron chi connectivity index (χ1n) is 24.4. The number of allylic oxidation sites excluding steroid dienone is 2. The van der Waals surface area contributed by atoms with Crippen LogP contribution >= 0.6 is 0 Å². The lowest BCUT2D eigenvalue weighted by Gasteiger charge is -2.72.